The summed E-state index contributed by atoms with van der Waals surface area (Å²) in [6.07, 6.45) is -0.681. The second-order valence-electron chi connectivity index (χ2n) is 1.22. The van der Waals surface area contributed by atoms with Gasteiger partial charge in [0.1, 0.15) is 0 Å². The van der Waals surface area contributed by atoms with E-state index in [0.717, 1.165) is 0 Å². The molecule has 0 amide bonds. The van der Waals surface area contributed by atoms with Gasteiger partial charge in [-0.15, -0.1) is 0 Å². The van der Waals surface area contributed by atoms with Crippen LogP contribution in [0.4, 0.5) is 0 Å². The number of hydrogen-bond acceptors (Lipinski definition) is 2. The number of aliphatic carboxylic acids is 1. The van der Waals surface area contributed by atoms with E-state index in [1.165, 1.54) is 14.0 Å². The summed E-state index contributed by atoms with van der Waals surface area (Å²) in [6.45, 7) is 1.47. The van der Waals surface area contributed by atoms with Crippen molar-refractivity contribution in [2.75, 3.05) is 7.11 Å². The van der Waals surface area contributed by atoms with Crippen LogP contribution in [0.15, 0.2) is 0 Å². The number of hydrogen-bond donors (Lipinski definition) is 1. The van der Waals surface area contributed by atoms with Gasteiger partial charge in [0.2, 0.25) is 0 Å². The van der Waals surface area contributed by atoms with Gasteiger partial charge in [0, 0.05) is 47.9 Å². The van der Waals surface area contributed by atoms with Gasteiger partial charge in [-0.1, -0.05) is 0 Å². The molecule has 3 nitrogen and oxygen atoms in total. The number of carbonyl (C=O) groups is 1. The van der Waals surface area contributed by atoms with E-state index in [1.54, 1.807) is 0 Å². The molecular formula is C4H8NdO3. The Morgan fingerprint density at radius 2 is 2.12 bits per heavy atom. The molecule has 0 aliphatic carbocycles. The molecule has 0 heterocycles. The monoisotopic (exact) mass is 246 g/mol. The van der Waals surface area contributed by atoms with E-state index in [9.17, 15) is 4.79 Å². The molecule has 0 bridgehead atoms. The largest absolute Gasteiger partial charge is 0.479 e. The maximum atomic E-state index is 9.81. The van der Waals surface area contributed by atoms with E-state index in [0.29, 0.717) is 0 Å². The minimum Gasteiger partial charge on any atom is -0.479 e. The number of carboxylic acid groups (broad SMARTS) is 1. The molecular weight excluding hydrogens is 240 g/mol. The predicted octanol–water partition coefficient (Wildman–Crippen LogP) is 0.106. The van der Waals surface area contributed by atoms with Gasteiger partial charge in [0.05, 0.1) is 0 Å². The fourth-order valence-electron chi connectivity index (χ4n) is 0.101. The van der Waals surface area contributed by atoms with Crippen LogP contribution in [0.5, 0.6) is 0 Å². The number of ether oxygens (including phenoxy) is 1. The maximum absolute atomic E-state index is 9.81. The SMILES string of the molecule is COC(C)C(=O)O.[Nd]. The molecule has 0 fully saturated rings. The minimum atomic E-state index is -0.928. The average molecular weight is 248 g/mol. The molecule has 46 valence electrons. The van der Waals surface area contributed by atoms with Crippen molar-refractivity contribution in [3.8, 4) is 0 Å². The van der Waals surface area contributed by atoms with Crippen LogP contribution in [0.2, 0.25) is 0 Å². The molecule has 0 radical (unpaired) electrons. The van der Waals surface area contributed by atoms with Gasteiger partial charge in [0.25, 0.3) is 0 Å². The molecule has 0 spiro atoms. The van der Waals surface area contributed by atoms with Crippen LogP contribution in [0.25, 0.3) is 0 Å². The Labute approximate surface area is 80.9 Å². The molecule has 0 aromatic carbocycles. The van der Waals surface area contributed by atoms with Crippen molar-refractivity contribution in [1.29, 1.82) is 0 Å². The third-order valence-electron chi connectivity index (χ3n) is 0.701. The Bertz CT molecular complexity index is 73.7. The number of methoxy groups -OCH3 is 1. The van der Waals surface area contributed by atoms with Crippen LogP contribution in [0, 0.1) is 40.8 Å². The van der Waals surface area contributed by atoms with E-state index >= 15 is 0 Å². The molecule has 0 aliphatic heterocycles. The molecule has 8 heavy (non-hydrogen) atoms. The van der Waals surface area contributed by atoms with Crippen LogP contribution < -0.4 is 0 Å². The van der Waals surface area contributed by atoms with Crippen molar-refractivity contribution in [3.63, 3.8) is 0 Å². The first-order valence-electron chi connectivity index (χ1n) is 1.94. The van der Waals surface area contributed by atoms with E-state index < -0.39 is 12.1 Å². The standard InChI is InChI=1S/C4H8O3.Nd/c1-3(7-2)4(5)6;/h3H,1-2H3,(H,5,6);. The third-order valence-corrected chi connectivity index (χ3v) is 0.701. The van der Waals surface area contributed by atoms with Crippen LogP contribution in [0.1, 0.15) is 6.92 Å². The summed E-state index contributed by atoms with van der Waals surface area (Å²) in [5, 5.41) is 8.06. The van der Waals surface area contributed by atoms with E-state index in [1.807, 2.05) is 0 Å². The van der Waals surface area contributed by atoms with Crippen molar-refractivity contribution in [3.05, 3.63) is 0 Å². The molecule has 0 aromatic rings. The predicted molar refractivity (Wildman–Crippen MR) is 24.1 cm³/mol. The van der Waals surface area contributed by atoms with Gasteiger partial charge in [-0.05, 0) is 6.92 Å². The molecule has 4 heteroatoms. The van der Waals surface area contributed by atoms with Crippen LogP contribution in [-0.2, 0) is 9.53 Å². The van der Waals surface area contributed by atoms with Gasteiger partial charge in [-0.3, -0.25) is 0 Å². The smallest absolute Gasteiger partial charge is 0.332 e. The summed E-state index contributed by atoms with van der Waals surface area (Å²) in [7, 11) is 1.36. The van der Waals surface area contributed by atoms with Gasteiger partial charge < -0.3 is 9.84 Å². The van der Waals surface area contributed by atoms with E-state index in [4.69, 9.17) is 5.11 Å². The quantitative estimate of drug-likeness (QED) is 0.754. The summed E-state index contributed by atoms with van der Waals surface area (Å²) in [6, 6.07) is 0. The Morgan fingerprint density at radius 1 is 1.75 bits per heavy atom. The Hall–Kier alpha value is 0.781. The average Bonchev–Trinajstić information content (AvgIpc) is 1.65. The first-order valence-corrected chi connectivity index (χ1v) is 1.94. The Kier molecular flexibility index (Phi) is 8.54. The van der Waals surface area contributed by atoms with Crippen molar-refractivity contribution in [2.24, 2.45) is 0 Å². The second kappa shape index (κ2) is 5.91. The van der Waals surface area contributed by atoms with Crippen LogP contribution >= 0.6 is 0 Å². The Morgan fingerprint density at radius 3 is 2.12 bits per heavy atom. The topological polar surface area (TPSA) is 46.5 Å². The number of rotatable bonds is 2. The van der Waals surface area contributed by atoms with Gasteiger partial charge in [0.15, 0.2) is 6.10 Å². The van der Waals surface area contributed by atoms with Gasteiger partial charge >= 0.3 is 5.97 Å². The fraction of sp³-hybridized carbons (Fsp3) is 0.750. The normalized spacial score (nSPS) is 11.8. The molecule has 1 unspecified atom stereocenters. The Balaban J connectivity index is 0. The summed E-state index contributed by atoms with van der Waals surface area (Å²) < 4.78 is 4.41. The molecule has 1 N–H and O–H groups in total. The summed E-state index contributed by atoms with van der Waals surface area (Å²) >= 11 is 0. The molecule has 0 aliphatic rings. The van der Waals surface area contributed by atoms with Crippen LogP contribution in [-0.4, -0.2) is 24.3 Å². The molecule has 0 saturated carbocycles. The first kappa shape index (κ1) is 11.6. The minimum absolute atomic E-state index is 0. The zero-order chi connectivity index (χ0) is 5.86. The van der Waals surface area contributed by atoms with Crippen molar-refractivity contribution in [2.45, 2.75) is 13.0 Å². The number of carboxylic acids is 1. The van der Waals surface area contributed by atoms with Crippen molar-refractivity contribution in [1.82, 2.24) is 0 Å². The van der Waals surface area contributed by atoms with Crippen molar-refractivity contribution < 1.29 is 55.5 Å². The van der Waals surface area contributed by atoms with E-state index in [2.05, 4.69) is 4.74 Å². The van der Waals surface area contributed by atoms with Crippen molar-refractivity contribution >= 4 is 5.97 Å². The third kappa shape index (κ3) is 4.93. The maximum Gasteiger partial charge on any atom is 0.332 e. The van der Waals surface area contributed by atoms with Gasteiger partial charge in [-0.25, -0.2) is 4.79 Å². The zero-order valence-electron chi connectivity index (χ0n) is 4.84. The molecule has 1 atom stereocenters. The molecule has 0 saturated heterocycles. The summed E-state index contributed by atoms with van der Waals surface area (Å²) in [4.78, 5) is 9.81. The van der Waals surface area contributed by atoms with E-state index in [-0.39, 0.29) is 40.8 Å². The fourth-order valence-corrected chi connectivity index (χ4v) is 0.101. The zero-order valence-corrected chi connectivity index (χ0v) is 8.05. The second-order valence-corrected chi connectivity index (χ2v) is 1.22. The van der Waals surface area contributed by atoms with Gasteiger partial charge in [-0.2, -0.15) is 0 Å². The summed E-state index contributed by atoms with van der Waals surface area (Å²) in [5.74, 6) is -0.928. The van der Waals surface area contributed by atoms with Crippen LogP contribution in [0.3, 0.4) is 0 Å². The molecule has 0 aromatic heterocycles. The summed E-state index contributed by atoms with van der Waals surface area (Å²) in [5.41, 5.74) is 0. The molecule has 0 rings (SSSR count). The first-order chi connectivity index (χ1) is 3.18.